The Morgan fingerprint density at radius 2 is 1.76 bits per heavy atom. The Kier molecular flexibility index (Phi) is 4.26. The van der Waals surface area contributed by atoms with E-state index in [0.717, 1.165) is 10.8 Å². The molecule has 0 saturated carbocycles. The van der Waals surface area contributed by atoms with Gasteiger partial charge in [-0.3, -0.25) is 4.79 Å². The molecule has 0 saturated heterocycles. The lowest BCUT2D eigenvalue weighted by molar-refractivity contribution is -0.155. The number of hydrogen-bond donors (Lipinski definition) is 1. The average molecular weight is 306 g/mol. The van der Waals surface area contributed by atoms with Crippen LogP contribution in [0.5, 0.6) is 0 Å². The van der Waals surface area contributed by atoms with Crippen LogP contribution < -0.4 is 5.73 Å². The topological polar surface area (TPSA) is 52.3 Å². The van der Waals surface area contributed by atoms with Crippen molar-refractivity contribution in [2.24, 2.45) is 5.73 Å². The smallest absolute Gasteiger partial charge is 0.309 e. The molecule has 0 heterocycles. The van der Waals surface area contributed by atoms with Crippen molar-refractivity contribution in [1.82, 2.24) is 0 Å². The van der Waals surface area contributed by atoms with Gasteiger partial charge in [0.15, 0.2) is 0 Å². The van der Waals surface area contributed by atoms with Crippen molar-refractivity contribution in [2.45, 2.75) is 37.8 Å². The third kappa shape index (κ3) is 4.19. The zero-order valence-electron chi connectivity index (χ0n) is 12.5. The Morgan fingerprint density at radius 1 is 1.14 bits per heavy atom. The minimum atomic E-state index is -1.27. The molecule has 0 aliphatic heterocycles. The van der Waals surface area contributed by atoms with Gasteiger partial charge in [-0.2, -0.15) is 0 Å². The monoisotopic (exact) mass is 305 g/mol. The van der Waals surface area contributed by atoms with Crippen molar-refractivity contribution in [3.05, 3.63) is 48.0 Å². The molecule has 0 radical (unpaired) electrons. The maximum atomic E-state index is 11.9. The van der Waals surface area contributed by atoms with Gasteiger partial charge in [0.25, 0.3) is 0 Å². The maximum Gasteiger partial charge on any atom is 0.309 e. The quantitative estimate of drug-likeness (QED) is 0.531. The summed E-state index contributed by atoms with van der Waals surface area (Å²) in [4.78, 5) is 10.7. The summed E-state index contributed by atoms with van der Waals surface area (Å²) in [7, 11) is 0. The first-order valence-corrected chi connectivity index (χ1v) is 7.24. The lowest BCUT2D eigenvalue weighted by atomic mass is 9.99. The van der Waals surface area contributed by atoms with Gasteiger partial charge in [0.2, 0.25) is 0 Å². The molecule has 4 heteroatoms. The van der Waals surface area contributed by atoms with Crippen molar-refractivity contribution in [3.8, 4) is 0 Å². The molecule has 0 aliphatic rings. The van der Waals surface area contributed by atoms with Gasteiger partial charge in [-0.05, 0) is 43.2 Å². The van der Waals surface area contributed by atoms with E-state index in [4.69, 9.17) is 22.1 Å². The van der Waals surface area contributed by atoms with Gasteiger partial charge < -0.3 is 10.5 Å². The lowest BCUT2D eigenvalue weighted by Gasteiger charge is -2.25. The molecule has 3 nitrogen and oxygen atoms in total. The minimum absolute atomic E-state index is 0.0792. The molecule has 2 aromatic carbocycles. The van der Waals surface area contributed by atoms with Gasteiger partial charge in [-0.25, -0.2) is 0 Å². The molecule has 0 fully saturated rings. The van der Waals surface area contributed by atoms with Crippen LogP contribution in [0.1, 0.15) is 32.8 Å². The van der Waals surface area contributed by atoms with Crippen LogP contribution in [0.15, 0.2) is 42.5 Å². The minimum Gasteiger partial charge on any atom is -0.460 e. The van der Waals surface area contributed by atoms with Crippen LogP contribution in [0.2, 0.25) is 0 Å². The first-order valence-electron chi connectivity index (χ1n) is 6.86. The van der Waals surface area contributed by atoms with Crippen molar-refractivity contribution in [1.29, 1.82) is 0 Å². The van der Waals surface area contributed by atoms with E-state index in [-0.39, 0.29) is 6.42 Å². The largest absolute Gasteiger partial charge is 0.460 e. The number of ether oxygens (including phenoxy) is 1. The zero-order valence-corrected chi connectivity index (χ0v) is 13.3. The number of fused-ring (bicyclic) bond motifs is 1. The number of nitrogens with two attached hydrogens (primary N) is 1. The fraction of sp³-hybridized carbons (Fsp3) is 0.353. The standard InChI is InChI=1S/C17H20ClNO2/c1-16(2,3)21-15(20)11-17(18,19)14-9-8-12-6-4-5-7-13(12)10-14/h4-10H,11,19H2,1-3H3. The number of benzene rings is 2. The second-order valence-corrected chi connectivity index (χ2v) is 6.86. The summed E-state index contributed by atoms with van der Waals surface area (Å²) in [6.45, 7) is 5.44. The van der Waals surface area contributed by atoms with E-state index >= 15 is 0 Å². The van der Waals surface area contributed by atoms with Crippen molar-refractivity contribution in [3.63, 3.8) is 0 Å². The zero-order chi connectivity index (χ0) is 15.7. The molecule has 0 amide bonds. The molecule has 1 atom stereocenters. The Hall–Kier alpha value is -1.58. The first-order chi connectivity index (χ1) is 9.67. The Morgan fingerprint density at radius 3 is 2.38 bits per heavy atom. The number of esters is 1. The molecule has 112 valence electrons. The lowest BCUT2D eigenvalue weighted by Crippen LogP contribution is -2.35. The second-order valence-electron chi connectivity index (χ2n) is 6.19. The molecule has 0 bridgehead atoms. The molecular weight excluding hydrogens is 286 g/mol. The summed E-state index contributed by atoms with van der Waals surface area (Å²) in [5.41, 5.74) is 6.27. The third-order valence-corrected chi connectivity index (χ3v) is 3.40. The molecule has 1 unspecified atom stereocenters. The maximum absolute atomic E-state index is 11.9. The van der Waals surface area contributed by atoms with Gasteiger partial charge in [0.05, 0.1) is 6.42 Å². The van der Waals surface area contributed by atoms with Gasteiger partial charge in [-0.15, -0.1) is 0 Å². The molecule has 2 rings (SSSR count). The summed E-state index contributed by atoms with van der Waals surface area (Å²) in [5, 5.41) is 2.14. The highest BCUT2D eigenvalue weighted by molar-refractivity contribution is 6.24. The van der Waals surface area contributed by atoms with Crippen LogP contribution in [-0.2, 0) is 14.5 Å². The van der Waals surface area contributed by atoms with E-state index in [1.54, 1.807) is 0 Å². The molecular formula is C17H20ClNO2. The van der Waals surface area contributed by atoms with Crippen LogP contribution in [0.4, 0.5) is 0 Å². The fourth-order valence-electron chi connectivity index (χ4n) is 2.14. The van der Waals surface area contributed by atoms with Crippen molar-refractivity contribution < 1.29 is 9.53 Å². The molecule has 2 N–H and O–H groups in total. The molecule has 0 aromatic heterocycles. The summed E-state index contributed by atoms with van der Waals surface area (Å²) in [6, 6.07) is 13.6. The second kappa shape index (κ2) is 5.66. The Bertz CT molecular complexity index is 659. The van der Waals surface area contributed by atoms with Crippen LogP contribution >= 0.6 is 11.6 Å². The van der Waals surface area contributed by atoms with E-state index < -0.39 is 16.6 Å². The molecule has 21 heavy (non-hydrogen) atoms. The molecule has 2 aromatic rings. The van der Waals surface area contributed by atoms with E-state index in [9.17, 15) is 4.79 Å². The van der Waals surface area contributed by atoms with E-state index in [0.29, 0.717) is 5.56 Å². The Labute approximate surface area is 130 Å². The number of hydrogen-bond acceptors (Lipinski definition) is 3. The number of rotatable bonds is 3. The van der Waals surface area contributed by atoms with Crippen LogP contribution in [-0.4, -0.2) is 11.6 Å². The van der Waals surface area contributed by atoms with E-state index in [2.05, 4.69) is 0 Å². The van der Waals surface area contributed by atoms with Gasteiger partial charge in [0.1, 0.15) is 10.6 Å². The van der Waals surface area contributed by atoms with Crippen molar-refractivity contribution >= 4 is 28.3 Å². The average Bonchev–Trinajstić information content (AvgIpc) is 2.35. The highest BCUT2D eigenvalue weighted by atomic mass is 35.5. The van der Waals surface area contributed by atoms with E-state index in [1.165, 1.54) is 0 Å². The highest BCUT2D eigenvalue weighted by Crippen LogP contribution is 2.30. The van der Waals surface area contributed by atoms with Gasteiger partial charge >= 0.3 is 5.97 Å². The summed E-state index contributed by atoms with van der Waals surface area (Å²) in [5.74, 6) is -0.409. The third-order valence-electron chi connectivity index (χ3n) is 3.05. The first kappa shape index (κ1) is 15.8. The highest BCUT2D eigenvalue weighted by Gasteiger charge is 2.30. The number of carbonyl (C=O) groups excluding carboxylic acids is 1. The van der Waals surface area contributed by atoms with Gasteiger partial charge in [-0.1, -0.05) is 48.0 Å². The van der Waals surface area contributed by atoms with E-state index in [1.807, 2.05) is 63.2 Å². The normalized spacial score (nSPS) is 14.7. The van der Waals surface area contributed by atoms with Crippen LogP contribution in [0.25, 0.3) is 10.8 Å². The van der Waals surface area contributed by atoms with Gasteiger partial charge in [0, 0.05) is 0 Å². The number of halogens is 1. The fourth-order valence-corrected chi connectivity index (χ4v) is 2.36. The number of alkyl halides is 1. The molecule has 0 spiro atoms. The Balaban J connectivity index is 2.22. The van der Waals surface area contributed by atoms with Crippen LogP contribution in [0, 0.1) is 0 Å². The molecule has 0 aliphatic carbocycles. The number of carbonyl (C=O) groups is 1. The van der Waals surface area contributed by atoms with Crippen LogP contribution in [0.3, 0.4) is 0 Å². The predicted octanol–water partition coefficient (Wildman–Crippen LogP) is 3.92. The summed E-state index contributed by atoms with van der Waals surface area (Å²) >= 11 is 6.36. The summed E-state index contributed by atoms with van der Waals surface area (Å²) in [6.07, 6.45) is -0.0792. The van der Waals surface area contributed by atoms with Crippen molar-refractivity contribution in [2.75, 3.05) is 0 Å². The summed E-state index contributed by atoms with van der Waals surface area (Å²) < 4.78 is 5.28. The predicted molar refractivity (Wildman–Crippen MR) is 86.1 cm³/mol. The SMILES string of the molecule is CC(C)(C)OC(=O)CC(N)(Cl)c1ccc2ccccc2c1.